The van der Waals surface area contributed by atoms with Crippen molar-refractivity contribution in [3.05, 3.63) is 0 Å². The zero-order valence-corrected chi connectivity index (χ0v) is 13.0. The molecule has 1 fully saturated rings. The lowest BCUT2D eigenvalue weighted by molar-refractivity contribution is -0.151. The summed E-state index contributed by atoms with van der Waals surface area (Å²) in [4.78, 5) is 36.4. The van der Waals surface area contributed by atoms with Crippen molar-refractivity contribution in [3.8, 4) is 0 Å². The SMILES string of the molecule is CSCCC(NC(N)=O)C(=O)N1CCCCCC1C(=O)O. The molecule has 120 valence electrons. The van der Waals surface area contributed by atoms with Crippen LogP contribution in [0.5, 0.6) is 0 Å². The third-order valence-electron chi connectivity index (χ3n) is 3.55. The van der Waals surface area contributed by atoms with Gasteiger partial charge in [0.05, 0.1) is 0 Å². The Morgan fingerprint density at radius 2 is 2.10 bits per heavy atom. The van der Waals surface area contributed by atoms with E-state index in [1.165, 1.54) is 4.90 Å². The summed E-state index contributed by atoms with van der Waals surface area (Å²) in [7, 11) is 0. The first-order chi connectivity index (χ1) is 9.97. The van der Waals surface area contributed by atoms with E-state index in [4.69, 9.17) is 5.73 Å². The van der Waals surface area contributed by atoms with Gasteiger partial charge in [-0.2, -0.15) is 11.8 Å². The van der Waals surface area contributed by atoms with Gasteiger partial charge in [0.1, 0.15) is 12.1 Å². The molecule has 3 amide bonds. The van der Waals surface area contributed by atoms with Crippen LogP contribution in [0.2, 0.25) is 0 Å². The summed E-state index contributed by atoms with van der Waals surface area (Å²) >= 11 is 1.55. The standard InChI is InChI=1S/C13H23N3O4S/c1-21-8-6-9(15-13(14)20)11(17)16-7-4-2-3-5-10(16)12(18)19/h9-10H,2-8H2,1H3,(H,18,19)(H3,14,15,20). The minimum Gasteiger partial charge on any atom is -0.480 e. The van der Waals surface area contributed by atoms with Crippen LogP contribution in [0, 0.1) is 0 Å². The van der Waals surface area contributed by atoms with Crippen LogP contribution in [-0.4, -0.2) is 58.6 Å². The fraction of sp³-hybridized carbons (Fsp3) is 0.769. The molecule has 0 aromatic rings. The summed E-state index contributed by atoms with van der Waals surface area (Å²) in [5.74, 6) is -0.660. The second-order valence-electron chi connectivity index (χ2n) is 5.08. The highest BCUT2D eigenvalue weighted by Gasteiger charge is 2.34. The molecule has 4 N–H and O–H groups in total. The Bertz CT molecular complexity index is 392. The fourth-order valence-electron chi connectivity index (χ4n) is 2.49. The minimum atomic E-state index is -0.993. The molecule has 0 aromatic carbocycles. The number of carboxylic acid groups (broad SMARTS) is 1. The lowest BCUT2D eigenvalue weighted by Crippen LogP contribution is -2.54. The van der Waals surface area contributed by atoms with Gasteiger partial charge in [-0.15, -0.1) is 0 Å². The Kier molecular flexibility index (Phi) is 7.35. The van der Waals surface area contributed by atoms with Gasteiger partial charge in [-0.3, -0.25) is 4.79 Å². The molecule has 0 aromatic heterocycles. The number of aliphatic carboxylic acids is 1. The van der Waals surface area contributed by atoms with Gasteiger partial charge in [-0.1, -0.05) is 12.8 Å². The van der Waals surface area contributed by atoms with Gasteiger partial charge in [-0.25, -0.2) is 9.59 Å². The van der Waals surface area contributed by atoms with Crippen molar-refractivity contribution < 1.29 is 19.5 Å². The molecule has 0 aliphatic carbocycles. The van der Waals surface area contributed by atoms with Crippen LogP contribution in [0.1, 0.15) is 32.1 Å². The van der Waals surface area contributed by atoms with Gasteiger partial charge in [0.2, 0.25) is 5.91 Å². The van der Waals surface area contributed by atoms with Crippen LogP contribution in [-0.2, 0) is 9.59 Å². The number of hydrogen-bond acceptors (Lipinski definition) is 4. The Morgan fingerprint density at radius 3 is 2.67 bits per heavy atom. The Labute approximate surface area is 128 Å². The maximum absolute atomic E-state index is 12.6. The molecule has 2 unspecified atom stereocenters. The second kappa shape index (κ2) is 8.76. The van der Waals surface area contributed by atoms with Crippen molar-refractivity contribution in [1.29, 1.82) is 0 Å². The maximum atomic E-state index is 12.6. The largest absolute Gasteiger partial charge is 0.480 e. The number of nitrogens with one attached hydrogen (secondary N) is 1. The molecule has 2 atom stereocenters. The highest BCUT2D eigenvalue weighted by molar-refractivity contribution is 7.98. The monoisotopic (exact) mass is 317 g/mol. The highest BCUT2D eigenvalue weighted by atomic mass is 32.2. The molecule has 0 bridgehead atoms. The quantitative estimate of drug-likeness (QED) is 0.665. The average molecular weight is 317 g/mol. The second-order valence-corrected chi connectivity index (χ2v) is 6.06. The first-order valence-corrected chi connectivity index (χ1v) is 8.45. The van der Waals surface area contributed by atoms with Crippen LogP contribution in [0.3, 0.4) is 0 Å². The van der Waals surface area contributed by atoms with Crippen molar-refractivity contribution in [3.63, 3.8) is 0 Å². The fourth-order valence-corrected chi connectivity index (χ4v) is 2.97. The summed E-state index contributed by atoms with van der Waals surface area (Å²) in [5, 5.41) is 11.7. The summed E-state index contributed by atoms with van der Waals surface area (Å²) in [6.07, 6.45) is 5.27. The van der Waals surface area contributed by atoms with E-state index in [1.54, 1.807) is 11.8 Å². The number of nitrogens with zero attached hydrogens (tertiary/aromatic N) is 1. The van der Waals surface area contributed by atoms with Crippen LogP contribution in [0.25, 0.3) is 0 Å². The normalized spacial score (nSPS) is 20.4. The van der Waals surface area contributed by atoms with Gasteiger partial charge in [0.15, 0.2) is 0 Å². The highest BCUT2D eigenvalue weighted by Crippen LogP contribution is 2.19. The zero-order chi connectivity index (χ0) is 15.8. The summed E-state index contributed by atoms with van der Waals surface area (Å²) in [6, 6.07) is -2.34. The number of rotatable bonds is 6. The number of nitrogens with two attached hydrogens (primary N) is 1. The molecule has 1 heterocycles. The molecular formula is C13H23N3O4S. The molecule has 8 heteroatoms. The molecule has 1 saturated heterocycles. The van der Waals surface area contributed by atoms with E-state index in [-0.39, 0.29) is 5.91 Å². The van der Waals surface area contributed by atoms with Gasteiger partial charge in [-0.05, 0) is 31.3 Å². The number of likely N-dealkylation sites (tertiary alicyclic amines) is 1. The summed E-state index contributed by atoms with van der Waals surface area (Å²) in [5.41, 5.74) is 5.11. The number of hydrogen-bond donors (Lipinski definition) is 3. The zero-order valence-electron chi connectivity index (χ0n) is 12.2. The number of thioether (sulfide) groups is 1. The van der Waals surface area contributed by atoms with E-state index < -0.39 is 24.1 Å². The average Bonchev–Trinajstić information content (AvgIpc) is 2.67. The molecule has 7 nitrogen and oxygen atoms in total. The molecular weight excluding hydrogens is 294 g/mol. The van der Waals surface area contributed by atoms with E-state index in [9.17, 15) is 19.5 Å². The molecule has 0 radical (unpaired) electrons. The van der Waals surface area contributed by atoms with E-state index in [2.05, 4.69) is 5.32 Å². The van der Waals surface area contributed by atoms with Crippen LogP contribution < -0.4 is 11.1 Å². The predicted molar refractivity (Wildman–Crippen MR) is 81.1 cm³/mol. The van der Waals surface area contributed by atoms with E-state index in [0.29, 0.717) is 25.1 Å². The van der Waals surface area contributed by atoms with E-state index in [0.717, 1.165) is 19.3 Å². The number of carbonyl (C=O) groups excluding carboxylic acids is 2. The summed E-state index contributed by atoms with van der Waals surface area (Å²) in [6.45, 7) is 0.409. The van der Waals surface area contributed by atoms with E-state index in [1.807, 2.05) is 6.26 Å². The molecule has 0 saturated carbocycles. The number of carbonyl (C=O) groups is 3. The van der Waals surface area contributed by atoms with Crippen molar-refractivity contribution in [1.82, 2.24) is 10.2 Å². The lowest BCUT2D eigenvalue weighted by atomic mass is 10.1. The van der Waals surface area contributed by atoms with Gasteiger partial charge in [0.25, 0.3) is 0 Å². The minimum absolute atomic E-state index is 0.350. The predicted octanol–water partition coefficient (Wildman–Crippen LogP) is 0.632. The first kappa shape index (κ1) is 17.6. The summed E-state index contributed by atoms with van der Waals surface area (Å²) < 4.78 is 0. The Morgan fingerprint density at radius 1 is 1.38 bits per heavy atom. The van der Waals surface area contributed by atoms with Gasteiger partial charge < -0.3 is 21.1 Å². The molecule has 0 spiro atoms. The van der Waals surface area contributed by atoms with Crippen LogP contribution in [0.15, 0.2) is 0 Å². The van der Waals surface area contributed by atoms with Crippen molar-refractivity contribution in [2.45, 2.75) is 44.2 Å². The van der Waals surface area contributed by atoms with Crippen molar-refractivity contribution in [2.75, 3.05) is 18.6 Å². The van der Waals surface area contributed by atoms with Crippen LogP contribution >= 0.6 is 11.8 Å². The Hall–Kier alpha value is -1.44. The van der Waals surface area contributed by atoms with Gasteiger partial charge >= 0.3 is 12.0 Å². The molecule has 1 aliphatic rings. The molecule has 21 heavy (non-hydrogen) atoms. The lowest BCUT2D eigenvalue weighted by Gasteiger charge is -2.30. The molecule has 1 aliphatic heterocycles. The topological polar surface area (TPSA) is 113 Å². The van der Waals surface area contributed by atoms with Crippen molar-refractivity contribution >= 4 is 29.7 Å². The third kappa shape index (κ3) is 5.45. The first-order valence-electron chi connectivity index (χ1n) is 7.05. The number of urea groups is 1. The Balaban J connectivity index is 2.85. The maximum Gasteiger partial charge on any atom is 0.326 e. The number of primary amides is 1. The van der Waals surface area contributed by atoms with Crippen molar-refractivity contribution in [2.24, 2.45) is 5.73 Å². The van der Waals surface area contributed by atoms with Crippen LogP contribution in [0.4, 0.5) is 4.79 Å². The van der Waals surface area contributed by atoms with Gasteiger partial charge in [0, 0.05) is 6.54 Å². The number of carboxylic acids is 1. The molecule has 1 rings (SSSR count). The smallest absolute Gasteiger partial charge is 0.326 e. The third-order valence-corrected chi connectivity index (χ3v) is 4.19. The van der Waals surface area contributed by atoms with E-state index >= 15 is 0 Å². The number of amides is 3.